The SMILES string of the molecule is O=C(CCC(=O)c1ccc(Cl)s1)NCc1cccnc1N1CCOCC1. The average Bonchev–Trinajstić information content (AvgIpc) is 3.12. The first-order valence-corrected chi connectivity index (χ1v) is 9.65. The molecule has 3 rings (SSSR count). The van der Waals surface area contributed by atoms with E-state index in [2.05, 4.69) is 15.2 Å². The van der Waals surface area contributed by atoms with Crippen LogP contribution in [0.15, 0.2) is 30.5 Å². The summed E-state index contributed by atoms with van der Waals surface area (Å²) < 4.78 is 5.95. The van der Waals surface area contributed by atoms with Gasteiger partial charge in [-0.1, -0.05) is 17.7 Å². The second-order valence-corrected chi connectivity index (χ2v) is 7.60. The van der Waals surface area contributed by atoms with E-state index < -0.39 is 0 Å². The largest absolute Gasteiger partial charge is 0.378 e. The Morgan fingerprint density at radius 3 is 2.77 bits per heavy atom. The Bertz CT molecular complexity index is 775. The number of nitrogens with zero attached hydrogens (tertiary/aromatic N) is 2. The number of rotatable bonds is 7. The standard InChI is InChI=1S/C18H20ClN3O3S/c19-16-5-4-15(26-16)14(23)3-6-17(24)21-12-13-2-1-7-20-18(13)22-8-10-25-11-9-22/h1-2,4-5,7H,3,6,8-12H2,(H,21,24). The predicted molar refractivity (Wildman–Crippen MR) is 102 cm³/mol. The number of aromatic nitrogens is 1. The minimum atomic E-state index is -0.155. The Morgan fingerprint density at radius 2 is 2.04 bits per heavy atom. The molecule has 1 aliphatic heterocycles. The second-order valence-electron chi connectivity index (χ2n) is 5.89. The van der Waals surface area contributed by atoms with Gasteiger partial charge in [0.1, 0.15) is 5.82 Å². The van der Waals surface area contributed by atoms with Crippen molar-refractivity contribution in [1.82, 2.24) is 10.3 Å². The van der Waals surface area contributed by atoms with Crippen LogP contribution in [0.3, 0.4) is 0 Å². The van der Waals surface area contributed by atoms with E-state index in [0.717, 1.165) is 24.5 Å². The van der Waals surface area contributed by atoms with Crippen molar-refractivity contribution in [1.29, 1.82) is 0 Å². The van der Waals surface area contributed by atoms with E-state index in [-0.39, 0.29) is 24.5 Å². The molecule has 0 spiro atoms. The summed E-state index contributed by atoms with van der Waals surface area (Å²) in [7, 11) is 0. The molecule has 138 valence electrons. The molecule has 1 aliphatic rings. The van der Waals surface area contributed by atoms with E-state index in [9.17, 15) is 9.59 Å². The number of morpholine rings is 1. The highest BCUT2D eigenvalue weighted by atomic mass is 35.5. The van der Waals surface area contributed by atoms with E-state index in [1.165, 1.54) is 11.3 Å². The van der Waals surface area contributed by atoms with Crippen molar-refractivity contribution >= 4 is 40.4 Å². The number of pyridine rings is 1. The van der Waals surface area contributed by atoms with Gasteiger partial charge in [0.25, 0.3) is 0 Å². The van der Waals surface area contributed by atoms with Crippen LogP contribution in [0.4, 0.5) is 5.82 Å². The van der Waals surface area contributed by atoms with Crippen molar-refractivity contribution in [2.75, 3.05) is 31.2 Å². The molecule has 1 fully saturated rings. The van der Waals surface area contributed by atoms with E-state index >= 15 is 0 Å². The molecule has 0 atom stereocenters. The minimum Gasteiger partial charge on any atom is -0.378 e. The van der Waals surface area contributed by atoms with E-state index in [1.807, 2.05) is 12.1 Å². The van der Waals surface area contributed by atoms with Gasteiger partial charge in [-0.25, -0.2) is 4.98 Å². The van der Waals surface area contributed by atoms with Crippen LogP contribution in [0.2, 0.25) is 4.34 Å². The fraction of sp³-hybridized carbons (Fsp3) is 0.389. The first-order chi connectivity index (χ1) is 12.6. The zero-order valence-electron chi connectivity index (χ0n) is 14.2. The van der Waals surface area contributed by atoms with Crippen LogP contribution in [-0.2, 0) is 16.1 Å². The van der Waals surface area contributed by atoms with Gasteiger partial charge in [-0.15, -0.1) is 11.3 Å². The van der Waals surface area contributed by atoms with E-state index in [1.54, 1.807) is 18.3 Å². The number of ketones is 1. The summed E-state index contributed by atoms with van der Waals surface area (Å²) in [6.45, 7) is 3.32. The number of carbonyl (C=O) groups is 2. The van der Waals surface area contributed by atoms with Crippen molar-refractivity contribution < 1.29 is 14.3 Å². The maximum Gasteiger partial charge on any atom is 0.220 e. The van der Waals surface area contributed by atoms with E-state index in [4.69, 9.17) is 16.3 Å². The third kappa shape index (κ3) is 5.03. The maximum absolute atomic E-state index is 12.1. The van der Waals surface area contributed by atoms with Gasteiger partial charge in [-0.05, 0) is 18.2 Å². The quantitative estimate of drug-likeness (QED) is 0.732. The molecule has 6 nitrogen and oxygen atoms in total. The number of thiophene rings is 1. The zero-order chi connectivity index (χ0) is 18.4. The number of carbonyl (C=O) groups excluding carboxylic acids is 2. The second kappa shape index (κ2) is 9.12. The number of ether oxygens (including phenoxy) is 1. The molecule has 0 radical (unpaired) electrons. The molecule has 2 aromatic rings. The van der Waals surface area contributed by atoms with Gasteiger partial charge >= 0.3 is 0 Å². The lowest BCUT2D eigenvalue weighted by Crippen LogP contribution is -2.37. The van der Waals surface area contributed by atoms with Gasteiger partial charge in [-0.2, -0.15) is 0 Å². The van der Waals surface area contributed by atoms with Gasteiger partial charge in [0.15, 0.2) is 5.78 Å². The molecule has 1 saturated heterocycles. The third-order valence-electron chi connectivity index (χ3n) is 4.08. The summed E-state index contributed by atoms with van der Waals surface area (Å²) in [4.78, 5) is 31.3. The molecule has 0 aliphatic carbocycles. The molecular formula is C18H20ClN3O3S. The van der Waals surface area contributed by atoms with Crippen LogP contribution in [0.25, 0.3) is 0 Å². The molecule has 0 bridgehead atoms. The number of Topliss-reactive ketones (excluding diaryl/α,β-unsaturated/α-hetero) is 1. The van der Waals surface area contributed by atoms with Crippen LogP contribution in [0.1, 0.15) is 28.1 Å². The van der Waals surface area contributed by atoms with Crippen LogP contribution in [0.5, 0.6) is 0 Å². The summed E-state index contributed by atoms with van der Waals surface area (Å²) in [5.74, 6) is 0.658. The van der Waals surface area contributed by atoms with Gasteiger partial charge in [0.2, 0.25) is 5.91 Å². The van der Waals surface area contributed by atoms with E-state index in [0.29, 0.717) is 29.0 Å². The number of hydrogen-bond donors (Lipinski definition) is 1. The molecular weight excluding hydrogens is 374 g/mol. The molecule has 0 aromatic carbocycles. The highest BCUT2D eigenvalue weighted by Crippen LogP contribution is 2.23. The number of anilines is 1. The Labute approximate surface area is 161 Å². The Kier molecular flexibility index (Phi) is 6.60. The van der Waals surface area contributed by atoms with Crippen LogP contribution in [-0.4, -0.2) is 43.0 Å². The van der Waals surface area contributed by atoms with Crippen molar-refractivity contribution in [3.05, 3.63) is 45.2 Å². The fourth-order valence-corrected chi connectivity index (χ4v) is 3.74. The lowest BCUT2D eigenvalue weighted by Gasteiger charge is -2.29. The average molecular weight is 394 g/mol. The number of amides is 1. The molecule has 0 unspecified atom stereocenters. The number of halogens is 1. The maximum atomic E-state index is 12.1. The molecule has 1 amide bonds. The number of hydrogen-bond acceptors (Lipinski definition) is 6. The molecule has 0 saturated carbocycles. The third-order valence-corrected chi connectivity index (χ3v) is 5.35. The Hall–Kier alpha value is -1.96. The smallest absolute Gasteiger partial charge is 0.220 e. The zero-order valence-corrected chi connectivity index (χ0v) is 15.8. The predicted octanol–water partition coefficient (Wildman–Crippen LogP) is 2.91. The van der Waals surface area contributed by atoms with Crippen LogP contribution < -0.4 is 10.2 Å². The first kappa shape index (κ1) is 18.8. The highest BCUT2D eigenvalue weighted by Gasteiger charge is 2.16. The van der Waals surface area contributed by atoms with Gasteiger partial charge < -0.3 is 15.0 Å². The summed E-state index contributed by atoms with van der Waals surface area (Å²) >= 11 is 7.07. The first-order valence-electron chi connectivity index (χ1n) is 8.45. The normalized spacial score (nSPS) is 14.3. The van der Waals surface area contributed by atoms with Crippen molar-refractivity contribution in [3.63, 3.8) is 0 Å². The fourth-order valence-electron chi connectivity index (χ4n) is 2.72. The van der Waals surface area contributed by atoms with Gasteiger partial charge in [-0.3, -0.25) is 9.59 Å². The molecule has 26 heavy (non-hydrogen) atoms. The van der Waals surface area contributed by atoms with Crippen molar-refractivity contribution in [2.24, 2.45) is 0 Å². The number of nitrogens with one attached hydrogen (secondary N) is 1. The van der Waals surface area contributed by atoms with Gasteiger partial charge in [0, 0.05) is 44.2 Å². The Balaban J connectivity index is 1.51. The van der Waals surface area contributed by atoms with Gasteiger partial charge in [0.05, 0.1) is 22.4 Å². The topological polar surface area (TPSA) is 71.5 Å². The molecule has 2 aromatic heterocycles. The highest BCUT2D eigenvalue weighted by molar-refractivity contribution is 7.18. The molecule has 1 N–H and O–H groups in total. The summed E-state index contributed by atoms with van der Waals surface area (Å²) in [6, 6.07) is 7.19. The van der Waals surface area contributed by atoms with Crippen LogP contribution in [0, 0.1) is 0 Å². The summed E-state index contributed by atoms with van der Waals surface area (Å²) in [6.07, 6.45) is 2.08. The van der Waals surface area contributed by atoms with Crippen LogP contribution >= 0.6 is 22.9 Å². The lowest BCUT2D eigenvalue weighted by molar-refractivity contribution is -0.121. The van der Waals surface area contributed by atoms with Crippen molar-refractivity contribution in [2.45, 2.75) is 19.4 Å². The Morgan fingerprint density at radius 1 is 1.23 bits per heavy atom. The minimum absolute atomic E-state index is 0.0626. The monoisotopic (exact) mass is 393 g/mol. The summed E-state index contributed by atoms with van der Waals surface area (Å²) in [5.41, 5.74) is 0.958. The summed E-state index contributed by atoms with van der Waals surface area (Å²) in [5, 5.41) is 2.88. The van der Waals surface area contributed by atoms with Crippen molar-refractivity contribution in [3.8, 4) is 0 Å². The lowest BCUT2D eigenvalue weighted by atomic mass is 10.2. The molecule has 3 heterocycles. The molecule has 8 heteroatoms.